The van der Waals surface area contributed by atoms with E-state index in [-0.39, 0.29) is 5.75 Å². The van der Waals surface area contributed by atoms with Crippen molar-refractivity contribution in [2.45, 2.75) is 13.5 Å². The van der Waals surface area contributed by atoms with Gasteiger partial charge in [-0.1, -0.05) is 0 Å². The normalized spacial score (nSPS) is 10.5. The molecule has 0 amide bonds. The van der Waals surface area contributed by atoms with E-state index in [0.29, 0.717) is 5.82 Å². The fourth-order valence-electron chi connectivity index (χ4n) is 1.54. The van der Waals surface area contributed by atoms with Crippen LogP contribution in [-0.2, 0) is 6.54 Å². The minimum absolute atomic E-state index is 0.259. The van der Waals surface area contributed by atoms with Crippen LogP contribution in [0.15, 0.2) is 30.3 Å². The highest BCUT2D eigenvalue weighted by atomic mass is 16.3. The molecule has 0 spiro atoms. The molecular formula is C11H13N3O. The molecule has 1 heterocycles. The molecule has 78 valence electrons. The van der Waals surface area contributed by atoms with Crippen molar-refractivity contribution in [2.75, 3.05) is 5.73 Å². The lowest BCUT2D eigenvalue weighted by Crippen LogP contribution is -1.99. The van der Waals surface area contributed by atoms with Crippen LogP contribution >= 0.6 is 0 Å². The zero-order valence-electron chi connectivity index (χ0n) is 8.51. The zero-order valence-corrected chi connectivity index (χ0v) is 8.51. The van der Waals surface area contributed by atoms with Crippen molar-refractivity contribution in [1.82, 2.24) is 9.78 Å². The predicted molar refractivity (Wildman–Crippen MR) is 59.4 cm³/mol. The van der Waals surface area contributed by atoms with Gasteiger partial charge in [0, 0.05) is 18.2 Å². The molecule has 4 heteroatoms. The first-order valence-corrected chi connectivity index (χ1v) is 4.83. The highest BCUT2D eigenvalue weighted by molar-refractivity contribution is 5.63. The largest absolute Gasteiger partial charge is 0.508 e. The molecule has 0 aliphatic carbocycles. The first-order chi connectivity index (χ1) is 7.20. The van der Waals surface area contributed by atoms with Gasteiger partial charge in [0.05, 0.1) is 5.69 Å². The number of hydrogen-bond donors (Lipinski definition) is 2. The Morgan fingerprint density at radius 3 is 2.60 bits per heavy atom. The number of nitrogen functional groups attached to an aromatic ring is 1. The Hall–Kier alpha value is -1.97. The lowest BCUT2D eigenvalue weighted by atomic mass is 10.1. The van der Waals surface area contributed by atoms with Crippen LogP contribution < -0.4 is 5.73 Å². The van der Waals surface area contributed by atoms with Crippen LogP contribution in [0, 0.1) is 0 Å². The third kappa shape index (κ3) is 1.79. The van der Waals surface area contributed by atoms with Crippen LogP contribution in [0.1, 0.15) is 6.92 Å². The maximum atomic E-state index is 9.19. The minimum Gasteiger partial charge on any atom is -0.508 e. The van der Waals surface area contributed by atoms with E-state index in [1.165, 1.54) is 0 Å². The van der Waals surface area contributed by atoms with Gasteiger partial charge >= 0.3 is 0 Å². The van der Waals surface area contributed by atoms with Gasteiger partial charge in [0.2, 0.25) is 0 Å². The molecule has 0 aliphatic rings. The van der Waals surface area contributed by atoms with Crippen molar-refractivity contribution in [3.63, 3.8) is 0 Å². The molecule has 0 atom stereocenters. The summed E-state index contributed by atoms with van der Waals surface area (Å²) < 4.78 is 1.84. The van der Waals surface area contributed by atoms with Crippen LogP contribution in [0.5, 0.6) is 5.75 Å². The number of anilines is 1. The summed E-state index contributed by atoms with van der Waals surface area (Å²) in [7, 11) is 0. The van der Waals surface area contributed by atoms with Crippen LogP contribution in [0.3, 0.4) is 0 Å². The molecule has 0 aliphatic heterocycles. The van der Waals surface area contributed by atoms with Crippen molar-refractivity contribution in [3.8, 4) is 17.0 Å². The van der Waals surface area contributed by atoms with Gasteiger partial charge in [-0.25, -0.2) is 0 Å². The summed E-state index contributed by atoms with van der Waals surface area (Å²) >= 11 is 0. The Morgan fingerprint density at radius 1 is 1.33 bits per heavy atom. The molecule has 0 bridgehead atoms. The van der Waals surface area contributed by atoms with Crippen LogP contribution in [0.25, 0.3) is 11.3 Å². The average Bonchev–Trinajstić information content (AvgIpc) is 2.61. The average molecular weight is 203 g/mol. The number of benzene rings is 1. The van der Waals surface area contributed by atoms with Crippen LogP contribution in [0.4, 0.5) is 5.82 Å². The topological polar surface area (TPSA) is 64.1 Å². The van der Waals surface area contributed by atoms with E-state index >= 15 is 0 Å². The van der Waals surface area contributed by atoms with Crippen molar-refractivity contribution in [3.05, 3.63) is 30.3 Å². The summed E-state index contributed by atoms with van der Waals surface area (Å²) in [5.74, 6) is 0.772. The maximum Gasteiger partial charge on any atom is 0.146 e. The Morgan fingerprint density at radius 2 is 2.00 bits per heavy atom. The van der Waals surface area contributed by atoms with Crippen molar-refractivity contribution in [1.29, 1.82) is 0 Å². The van der Waals surface area contributed by atoms with E-state index in [0.717, 1.165) is 17.8 Å². The van der Waals surface area contributed by atoms with Gasteiger partial charge in [0.1, 0.15) is 11.6 Å². The predicted octanol–water partition coefficient (Wildman–Crippen LogP) is 1.86. The van der Waals surface area contributed by atoms with E-state index in [1.54, 1.807) is 12.1 Å². The van der Waals surface area contributed by atoms with Crippen molar-refractivity contribution in [2.24, 2.45) is 0 Å². The van der Waals surface area contributed by atoms with Crippen LogP contribution in [0.2, 0.25) is 0 Å². The molecule has 0 saturated carbocycles. The Labute approximate surface area is 88.0 Å². The number of phenols is 1. The van der Waals surface area contributed by atoms with Gasteiger partial charge in [0.15, 0.2) is 0 Å². The van der Waals surface area contributed by atoms with E-state index in [1.807, 2.05) is 29.8 Å². The molecule has 3 N–H and O–H groups in total. The van der Waals surface area contributed by atoms with E-state index in [9.17, 15) is 5.11 Å². The number of nitrogens with two attached hydrogens (primary N) is 1. The molecule has 1 aromatic heterocycles. The first-order valence-electron chi connectivity index (χ1n) is 4.83. The number of aryl methyl sites for hydroxylation is 1. The molecule has 1 aromatic carbocycles. The Bertz CT molecular complexity index is 459. The number of phenolic OH excluding ortho intramolecular Hbond substituents is 1. The Balaban J connectivity index is 2.48. The monoisotopic (exact) mass is 203 g/mol. The van der Waals surface area contributed by atoms with Gasteiger partial charge in [-0.3, -0.25) is 4.68 Å². The first kappa shape index (κ1) is 9.58. The molecular weight excluding hydrogens is 190 g/mol. The van der Waals surface area contributed by atoms with Gasteiger partial charge in [-0.2, -0.15) is 5.10 Å². The molecule has 2 rings (SSSR count). The molecule has 0 fully saturated rings. The third-order valence-corrected chi connectivity index (χ3v) is 2.26. The minimum atomic E-state index is 0.259. The lowest BCUT2D eigenvalue weighted by Gasteiger charge is -2.03. The quantitative estimate of drug-likeness (QED) is 0.783. The molecule has 15 heavy (non-hydrogen) atoms. The second kappa shape index (κ2) is 3.65. The fourth-order valence-corrected chi connectivity index (χ4v) is 1.54. The molecule has 0 unspecified atom stereocenters. The molecule has 2 aromatic rings. The van der Waals surface area contributed by atoms with Gasteiger partial charge in [-0.05, 0) is 31.2 Å². The summed E-state index contributed by atoms with van der Waals surface area (Å²) in [5.41, 5.74) is 7.61. The number of aromatic hydroxyl groups is 1. The van der Waals surface area contributed by atoms with Crippen LogP contribution in [-0.4, -0.2) is 14.9 Å². The van der Waals surface area contributed by atoms with Crippen molar-refractivity contribution < 1.29 is 5.11 Å². The number of hydrogen-bond acceptors (Lipinski definition) is 3. The molecule has 0 radical (unpaired) electrons. The fraction of sp³-hybridized carbons (Fsp3) is 0.182. The number of rotatable bonds is 2. The second-order valence-electron chi connectivity index (χ2n) is 3.32. The van der Waals surface area contributed by atoms with Crippen molar-refractivity contribution >= 4 is 5.82 Å². The number of nitrogens with zero attached hydrogens (tertiary/aromatic N) is 2. The van der Waals surface area contributed by atoms with Gasteiger partial charge < -0.3 is 10.8 Å². The SMILES string of the molecule is CCn1nc(N)cc1-c1ccc(O)cc1. The van der Waals surface area contributed by atoms with E-state index < -0.39 is 0 Å². The maximum absolute atomic E-state index is 9.19. The second-order valence-corrected chi connectivity index (χ2v) is 3.32. The summed E-state index contributed by atoms with van der Waals surface area (Å²) in [4.78, 5) is 0. The standard InChI is InChI=1S/C11H13N3O/c1-2-14-10(7-11(12)13-14)8-3-5-9(15)6-4-8/h3-7,15H,2H2,1H3,(H2,12,13). The summed E-state index contributed by atoms with van der Waals surface area (Å²) in [6, 6.07) is 8.82. The highest BCUT2D eigenvalue weighted by Crippen LogP contribution is 2.23. The third-order valence-electron chi connectivity index (χ3n) is 2.26. The summed E-state index contributed by atoms with van der Waals surface area (Å²) in [6.45, 7) is 2.78. The zero-order chi connectivity index (χ0) is 10.8. The van der Waals surface area contributed by atoms with E-state index in [2.05, 4.69) is 5.10 Å². The molecule has 4 nitrogen and oxygen atoms in total. The summed E-state index contributed by atoms with van der Waals surface area (Å²) in [5, 5.41) is 13.3. The number of aromatic nitrogens is 2. The molecule has 0 saturated heterocycles. The highest BCUT2D eigenvalue weighted by Gasteiger charge is 2.06. The smallest absolute Gasteiger partial charge is 0.146 e. The van der Waals surface area contributed by atoms with Gasteiger partial charge in [0.25, 0.3) is 0 Å². The summed E-state index contributed by atoms with van der Waals surface area (Å²) in [6.07, 6.45) is 0. The Kier molecular flexibility index (Phi) is 2.33. The van der Waals surface area contributed by atoms with E-state index in [4.69, 9.17) is 5.73 Å². The van der Waals surface area contributed by atoms with Gasteiger partial charge in [-0.15, -0.1) is 0 Å². The lowest BCUT2D eigenvalue weighted by molar-refractivity contribution is 0.475.